The van der Waals surface area contributed by atoms with Gasteiger partial charge in [-0.2, -0.15) is 0 Å². The Morgan fingerprint density at radius 1 is 1.32 bits per heavy atom. The number of benzene rings is 1. The van der Waals surface area contributed by atoms with Crippen LogP contribution in [0.25, 0.3) is 0 Å². The van der Waals surface area contributed by atoms with Crippen molar-refractivity contribution >= 4 is 5.69 Å². The summed E-state index contributed by atoms with van der Waals surface area (Å²) in [5, 5.41) is 24.0. The Labute approximate surface area is 112 Å². The van der Waals surface area contributed by atoms with E-state index in [1.165, 1.54) is 12.5 Å². The number of non-ortho nitro benzene ring substituents is 1. The molecule has 0 heterocycles. The molecule has 1 aliphatic carbocycles. The lowest BCUT2D eigenvalue weighted by atomic mass is 10.1. The van der Waals surface area contributed by atoms with Gasteiger partial charge in [0.05, 0.1) is 11.0 Å². The number of nitro benzene ring substituents is 1. The zero-order chi connectivity index (χ0) is 13.7. The minimum atomic E-state index is -0.385. The Kier molecular flexibility index (Phi) is 4.87. The van der Waals surface area contributed by atoms with E-state index in [9.17, 15) is 15.2 Å². The maximum atomic E-state index is 10.7. The number of hydrogen-bond donors (Lipinski definition) is 2. The number of hydrogen-bond acceptors (Lipinski definition) is 4. The minimum absolute atomic E-state index is 0.0989. The second kappa shape index (κ2) is 6.63. The molecule has 2 rings (SSSR count). The molecule has 2 atom stereocenters. The van der Waals surface area contributed by atoms with Crippen LogP contribution in [0.15, 0.2) is 24.3 Å². The molecule has 1 aromatic carbocycles. The van der Waals surface area contributed by atoms with Gasteiger partial charge in [-0.05, 0) is 18.4 Å². The van der Waals surface area contributed by atoms with Gasteiger partial charge in [-0.1, -0.05) is 31.4 Å². The lowest BCUT2D eigenvalue weighted by Crippen LogP contribution is -2.38. The summed E-state index contributed by atoms with van der Waals surface area (Å²) in [4.78, 5) is 10.3. The molecule has 0 amide bonds. The quantitative estimate of drug-likeness (QED) is 0.497. The SMILES string of the molecule is O=[N+]([O-])c1cccc(CNC2CCCCCC2O)c1. The maximum absolute atomic E-state index is 10.7. The number of nitro groups is 1. The van der Waals surface area contributed by atoms with Crippen LogP contribution in [0.5, 0.6) is 0 Å². The van der Waals surface area contributed by atoms with Crippen LogP contribution in [0.3, 0.4) is 0 Å². The summed E-state index contributed by atoms with van der Waals surface area (Å²) in [6.45, 7) is 0.559. The highest BCUT2D eigenvalue weighted by Crippen LogP contribution is 2.19. The average Bonchev–Trinajstić information content (AvgIpc) is 2.61. The monoisotopic (exact) mass is 264 g/mol. The van der Waals surface area contributed by atoms with Crippen LogP contribution in [-0.2, 0) is 6.54 Å². The van der Waals surface area contributed by atoms with Gasteiger partial charge in [-0.15, -0.1) is 0 Å². The van der Waals surface area contributed by atoms with Crippen molar-refractivity contribution in [1.29, 1.82) is 0 Å². The Bertz CT molecular complexity index is 436. The van der Waals surface area contributed by atoms with Gasteiger partial charge in [0, 0.05) is 24.7 Å². The molecule has 0 saturated heterocycles. The first-order chi connectivity index (χ1) is 9.16. The second-order valence-electron chi connectivity index (χ2n) is 5.12. The predicted molar refractivity (Wildman–Crippen MR) is 72.8 cm³/mol. The molecule has 2 unspecified atom stereocenters. The summed E-state index contributed by atoms with van der Waals surface area (Å²) in [5.74, 6) is 0. The maximum Gasteiger partial charge on any atom is 0.269 e. The van der Waals surface area contributed by atoms with Crippen LogP contribution in [0, 0.1) is 10.1 Å². The van der Waals surface area contributed by atoms with Gasteiger partial charge in [-0.25, -0.2) is 0 Å². The first-order valence-electron chi connectivity index (χ1n) is 6.81. The Morgan fingerprint density at radius 3 is 2.89 bits per heavy atom. The molecule has 0 radical (unpaired) electrons. The van der Waals surface area contributed by atoms with Crippen molar-refractivity contribution in [3.8, 4) is 0 Å². The average molecular weight is 264 g/mol. The topological polar surface area (TPSA) is 75.4 Å². The molecule has 0 aliphatic heterocycles. The highest BCUT2D eigenvalue weighted by atomic mass is 16.6. The predicted octanol–water partition coefficient (Wildman–Crippen LogP) is 2.38. The molecular weight excluding hydrogens is 244 g/mol. The number of rotatable bonds is 4. The fourth-order valence-corrected chi connectivity index (χ4v) is 2.56. The van der Waals surface area contributed by atoms with E-state index in [0.29, 0.717) is 6.54 Å². The molecule has 19 heavy (non-hydrogen) atoms. The Hall–Kier alpha value is -1.46. The molecule has 1 aromatic rings. The summed E-state index contributed by atoms with van der Waals surface area (Å²) in [6, 6.07) is 6.73. The van der Waals surface area contributed by atoms with Gasteiger partial charge < -0.3 is 10.4 Å². The first kappa shape index (κ1) is 14.0. The van der Waals surface area contributed by atoms with Gasteiger partial charge in [0.25, 0.3) is 5.69 Å². The first-order valence-corrected chi connectivity index (χ1v) is 6.81. The summed E-state index contributed by atoms with van der Waals surface area (Å²) in [7, 11) is 0. The molecule has 5 nitrogen and oxygen atoms in total. The van der Waals surface area contributed by atoms with E-state index in [4.69, 9.17) is 0 Å². The van der Waals surface area contributed by atoms with E-state index in [1.807, 2.05) is 6.07 Å². The van der Waals surface area contributed by atoms with Crippen LogP contribution < -0.4 is 5.32 Å². The Morgan fingerprint density at radius 2 is 2.11 bits per heavy atom. The van der Waals surface area contributed by atoms with E-state index in [1.54, 1.807) is 12.1 Å². The number of aliphatic hydroxyl groups is 1. The third-order valence-corrected chi connectivity index (χ3v) is 3.67. The molecule has 0 spiro atoms. The lowest BCUT2D eigenvalue weighted by molar-refractivity contribution is -0.384. The van der Waals surface area contributed by atoms with Crippen molar-refractivity contribution in [2.24, 2.45) is 0 Å². The molecule has 0 bridgehead atoms. The summed E-state index contributed by atoms with van der Waals surface area (Å²) < 4.78 is 0. The van der Waals surface area contributed by atoms with Crippen molar-refractivity contribution < 1.29 is 10.0 Å². The van der Waals surface area contributed by atoms with Crippen molar-refractivity contribution in [1.82, 2.24) is 5.32 Å². The van der Waals surface area contributed by atoms with Crippen molar-refractivity contribution in [3.63, 3.8) is 0 Å². The largest absolute Gasteiger partial charge is 0.392 e. The fourth-order valence-electron chi connectivity index (χ4n) is 2.56. The summed E-state index contributed by atoms with van der Waals surface area (Å²) in [6.07, 6.45) is 4.88. The number of aliphatic hydroxyl groups excluding tert-OH is 1. The Balaban J connectivity index is 1.93. The minimum Gasteiger partial charge on any atom is -0.392 e. The second-order valence-corrected chi connectivity index (χ2v) is 5.12. The fraction of sp³-hybridized carbons (Fsp3) is 0.571. The standard InChI is InChI=1S/C14H20N2O3/c17-14-8-3-1-2-7-13(14)15-10-11-5-4-6-12(9-11)16(18)19/h4-6,9,13-15,17H,1-3,7-8,10H2. The van der Waals surface area contributed by atoms with Crippen molar-refractivity contribution in [3.05, 3.63) is 39.9 Å². The van der Waals surface area contributed by atoms with Gasteiger partial charge in [0.15, 0.2) is 0 Å². The summed E-state index contributed by atoms with van der Waals surface area (Å²) >= 11 is 0. The molecule has 1 fully saturated rings. The molecule has 0 aromatic heterocycles. The van der Waals surface area contributed by atoms with Gasteiger partial charge in [-0.3, -0.25) is 10.1 Å². The molecular formula is C14H20N2O3. The van der Waals surface area contributed by atoms with Crippen LogP contribution in [-0.4, -0.2) is 22.2 Å². The van der Waals surface area contributed by atoms with E-state index in [-0.39, 0.29) is 22.8 Å². The van der Waals surface area contributed by atoms with Crippen LogP contribution in [0.1, 0.15) is 37.7 Å². The van der Waals surface area contributed by atoms with Crippen LogP contribution in [0.2, 0.25) is 0 Å². The number of nitrogens with zero attached hydrogens (tertiary/aromatic N) is 1. The molecule has 104 valence electrons. The third-order valence-electron chi connectivity index (χ3n) is 3.67. The van der Waals surface area contributed by atoms with Crippen LogP contribution in [0.4, 0.5) is 5.69 Å². The zero-order valence-corrected chi connectivity index (χ0v) is 10.9. The van der Waals surface area contributed by atoms with E-state index in [2.05, 4.69) is 5.32 Å². The molecule has 5 heteroatoms. The summed E-state index contributed by atoms with van der Waals surface area (Å²) in [5.41, 5.74) is 0.992. The van der Waals surface area contributed by atoms with Crippen molar-refractivity contribution in [2.75, 3.05) is 0 Å². The van der Waals surface area contributed by atoms with E-state index >= 15 is 0 Å². The van der Waals surface area contributed by atoms with E-state index in [0.717, 1.165) is 31.2 Å². The van der Waals surface area contributed by atoms with Crippen LogP contribution >= 0.6 is 0 Å². The highest BCUT2D eigenvalue weighted by Gasteiger charge is 2.20. The van der Waals surface area contributed by atoms with Gasteiger partial charge in [0.2, 0.25) is 0 Å². The lowest BCUT2D eigenvalue weighted by Gasteiger charge is -2.21. The smallest absolute Gasteiger partial charge is 0.269 e. The molecule has 1 aliphatic rings. The third kappa shape index (κ3) is 4.01. The molecule has 2 N–H and O–H groups in total. The van der Waals surface area contributed by atoms with Crippen molar-refractivity contribution in [2.45, 2.75) is 50.8 Å². The number of nitrogens with one attached hydrogen (secondary N) is 1. The highest BCUT2D eigenvalue weighted by molar-refractivity contribution is 5.34. The zero-order valence-electron chi connectivity index (χ0n) is 10.9. The van der Waals surface area contributed by atoms with E-state index < -0.39 is 0 Å². The van der Waals surface area contributed by atoms with Gasteiger partial charge >= 0.3 is 0 Å². The normalized spacial score (nSPS) is 23.8. The van der Waals surface area contributed by atoms with Gasteiger partial charge in [0.1, 0.15) is 0 Å². The molecule has 1 saturated carbocycles.